The number of carbonyl (C=O) groups excluding carboxylic acids is 1. The fourth-order valence-electron chi connectivity index (χ4n) is 1.51. The van der Waals surface area contributed by atoms with E-state index >= 15 is 0 Å². The van der Waals surface area contributed by atoms with E-state index in [0.29, 0.717) is 0 Å². The van der Waals surface area contributed by atoms with Gasteiger partial charge in [-0.3, -0.25) is 5.32 Å². The number of halogens is 1. The van der Waals surface area contributed by atoms with Crippen LogP contribution in [0.1, 0.15) is 12.5 Å². The predicted octanol–water partition coefficient (Wildman–Crippen LogP) is 1.53. The summed E-state index contributed by atoms with van der Waals surface area (Å²) in [5.74, 6) is -0.117. The van der Waals surface area contributed by atoms with Crippen LogP contribution in [-0.2, 0) is 14.8 Å². The Morgan fingerprint density at radius 3 is 2.89 bits per heavy atom. The van der Waals surface area contributed by atoms with Crippen molar-refractivity contribution < 1.29 is 17.9 Å². The van der Waals surface area contributed by atoms with Crippen molar-refractivity contribution in [2.45, 2.75) is 11.8 Å². The first kappa shape index (κ1) is 12.8. The lowest BCUT2D eigenvalue weighted by atomic mass is 10.2. The zero-order valence-electron chi connectivity index (χ0n) is 9.31. The van der Waals surface area contributed by atoms with Gasteiger partial charge in [0.25, 0.3) is 10.0 Å². The van der Waals surface area contributed by atoms with Gasteiger partial charge in [0.1, 0.15) is 4.90 Å². The average Bonchev–Trinajstić information content (AvgIpc) is 2.52. The number of nitrogens with one attached hydrogen (secondary N) is 1. The lowest BCUT2D eigenvalue weighted by molar-refractivity contribution is 0.158. The molecule has 0 saturated carbocycles. The van der Waals surface area contributed by atoms with Crippen molar-refractivity contribution in [1.82, 2.24) is 5.32 Å². The molecular formula is C10H9ClN2O4S. The molecule has 1 aliphatic heterocycles. The molecule has 1 N–H and O–H groups in total. The minimum Gasteiger partial charge on any atom is -0.450 e. The van der Waals surface area contributed by atoms with Crippen LogP contribution < -0.4 is 5.32 Å². The molecule has 0 fully saturated rings. The SMILES string of the molecule is CCOC(=O)NC1=NS(=O)(=O)c2cccc(Cl)c21. The molecule has 8 heteroatoms. The van der Waals surface area contributed by atoms with Gasteiger partial charge in [-0.2, -0.15) is 8.42 Å². The maximum atomic E-state index is 11.7. The summed E-state index contributed by atoms with van der Waals surface area (Å²) >= 11 is 5.91. The highest BCUT2D eigenvalue weighted by Crippen LogP contribution is 2.30. The fraction of sp³-hybridized carbons (Fsp3) is 0.200. The normalized spacial score (nSPS) is 15.8. The zero-order valence-corrected chi connectivity index (χ0v) is 10.9. The first-order valence-electron chi connectivity index (χ1n) is 5.03. The molecule has 0 bridgehead atoms. The van der Waals surface area contributed by atoms with Crippen LogP contribution in [0.3, 0.4) is 0 Å². The van der Waals surface area contributed by atoms with Crippen molar-refractivity contribution in [2.24, 2.45) is 4.40 Å². The Morgan fingerprint density at radius 2 is 2.22 bits per heavy atom. The number of alkyl carbamates (subject to hydrolysis) is 1. The van der Waals surface area contributed by atoms with Gasteiger partial charge >= 0.3 is 6.09 Å². The fourth-order valence-corrected chi connectivity index (χ4v) is 3.02. The first-order valence-corrected chi connectivity index (χ1v) is 6.85. The molecule has 0 aliphatic carbocycles. The minimum atomic E-state index is -3.80. The van der Waals surface area contributed by atoms with E-state index in [0.717, 1.165) is 0 Å². The summed E-state index contributed by atoms with van der Waals surface area (Å²) in [6.45, 7) is 1.80. The van der Waals surface area contributed by atoms with E-state index < -0.39 is 16.1 Å². The molecule has 1 aromatic carbocycles. The number of amides is 1. The topological polar surface area (TPSA) is 84.8 Å². The largest absolute Gasteiger partial charge is 0.450 e. The van der Waals surface area contributed by atoms with Crippen molar-refractivity contribution in [3.8, 4) is 0 Å². The van der Waals surface area contributed by atoms with Gasteiger partial charge in [-0.1, -0.05) is 17.7 Å². The average molecular weight is 289 g/mol. The van der Waals surface area contributed by atoms with E-state index in [9.17, 15) is 13.2 Å². The highest BCUT2D eigenvalue weighted by molar-refractivity contribution is 7.90. The van der Waals surface area contributed by atoms with Crippen LogP contribution in [0, 0.1) is 0 Å². The van der Waals surface area contributed by atoms with Gasteiger partial charge in [-0.25, -0.2) is 4.79 Å². The number of amidine groups is 1. The predicted molar refractivity (Wildman–Crippen MR) is 65.3 cm³/mol. The third kappa shape index (κ3) is 2.19. The van der Waals surface area contributed by atoms with Gasteiger partial charge in [0.05, 0.1) is 17.2 Å². The number of fused-ring (bicyclic) bond motifs is 1. The number of carbonyl (C=O) groups is 1. The molecule has 1 heterocycles. The van der Waals surface area contributed by atoms with Crippen LogP contribution in [-0.4, -0.2) is 27.0 Å². The molecule has 0 aromatic heterocycles. The Balaban J connectivity index is 2.44. The van der Waals surface area contributed by atoms with Crippen molar-refractivity contribution in [1.29, 1.82) is 0 Å². The van der Waals surface area contributed by atoms with Gasteiger partial charge in [-0.05, 0) is 19.1 Å². The summed E-state index contributed by atoms with van der Waals surface area (Å²) in [6, 6.07) is 4.39. The van der Waals surface area contributed by atoms with Crippen LogP contribution in [0.2, 0.25) is 5.02 Å². The Morgan fingerprint density at radius 1 is 1.50 bits per heavy atom. The third-order valence-electron chi connectivity index (χ3n) is 2.20. The molecule has 0 spiro atoms. The number of hydrogen-bond donors (Lipinski definition) is 1. The molecule has 96 valence electrons. The number of sulfonamides is 1. The Labute approximate surface area is 109 Å². The molecule has 0 atom stereocenters. The number of rotatable bonds is 1. The van der Waals surface area contributed by atoms with E-state index in [1.807, 2.05) is 0 Å². The summed E-state index contributed by atoms with van der Waals surface area (Å²) in [6.07, 6.45) is -0.779. The van der Waals surface area contributed by atoms with Gasteiger partial charge in [0, 0.05) is 0 Å². The van der Waals surface area contributed by atoms with Crippen LogP contribution in [0.4, 0.5) is 4.79 Å². The van der Waals surface area contributed by atoms with E-state index in [1.165, 1.54) is 18.2 Å². The molecule has 2 rings (SSSR count). The lowest BCUT2D eigenvalue weighted by Gasteiger charge is -2.06. The maximum Gasteiger partial charge on any atom is 0.412 e. The second-order valence-corrected chi connectivity index (χ2v) is 5.35. The second kappa shape index (κ2) is 4.58. The van der Waals surface area contributed by atoms with Crippen molar-refractivity contribution in [3.05, 3.63) is 28.8 Å². The van der Waals surface area contributed by atoms with E-state index in [1.54, 1.807) is 6.92 Å². The smallest absolute Gasteiger partial charge is 0.412 e. The summed E-state index contributed by atoms with van der Waals surface area (Å²) in [4.78, 5) is 11.3. The Bertz CT molecular complexity index is 639. The third-order valence-corrected chi connectivity index (χ3v) is 3.83. The van der Waals surface area contributed by atoms with Gasteiger partial charge in [0.15, 0.2) is 5.84 Å². The molecule has 0 unspecified atom stereocenters. The van der Waals surface area contributed by atoms with E-state index in [-0.39, 0.29) is 27.9 Å². The second-order valence-electron chi connectivity index (χ2n) is 3.37. The molecular weight excluding hydrogens is 280 g/mol. The maximum absolute atomic E-state index is 11.7. The van der Waals surface area contributed by atoms with Crippen LogP contribution in [0.5, 0.6) is 0 Å². The number of hydrogen-bond acceptors (Lipinski definition) is 4. The Kier molecular flexibility index (Phi) is 3.27. The molecule has 0 radical (unpaired) electrons. The van der Waals surface area contributed by atoms with Crippen LogP contribution in [0.15, 0.2) is 27.5 Å². The standard InChI is InChI=1S/C10H9ClN2O4S/c1-2-17-10(14)12-9-8-6(11)4-3-5-7(8)18(15,16)13-9/h3-5H,2H2,1H3,(H,12,13,14). The molecule has 1 aromatic rings. The number of ether oxygens (including phenoxy) is 1. The molecule has 6 nitrogen and oxygen atoms in total. The van der Waals surface area contributed by atoms with Crippen molar-refractivity contribution in [2.75, 3.05) is 6.61 Å². The number of nitrogens with zero attached hydrogens (tertiary/aromatic N) is 1. The zero-order chi connectivity index (χ0) is 13.3. The molecule has 0 saturated heterocycles. The monoisotopic (exact) mass is 288 g/mol. The van der Waals surface area contributed by atoms with Gasteiger partial charge in [-0.15, -0.1) is 4.40 Å². The van der Waals surface area contributed by atoms with Crippen LogP contribution >= 0.6 is 11.6 Å². The van der Waals surface area contributed by atoms with Gasteiger partial charge in [0.2, 0.25) is 0 Å². The summed E-state index contributed by atoms with van der Waals surface area (Å²) < 4.78 is 31.6. The highest BCUT2D eigenvalue weighted by Gasteiger charge is 2.31. The first-order chi connectivity index (χ1) is 8.45. The van der Waals surface area contributed by atoms with Gasteiger partial charge < -0.3 is 4.74 Å². The van der Waals surface area contributed by atoms with E-state index in [2.05, 4.69) is 14.5 Å². The van der Waals surface area contributed by atoms with E-state index in [4.69, 9.17) is 11.6 Å². The number of benzene rings is 1. The minimum absolute atomic E-state index is 0.0261. The lowest BCUT2D eigenvalue weighted by Crippen LogP contribution is -2.31. The summed E-state index contributed by atoms with van der Waals surface area (Å²) in [7, 11) is -3.80. The molecule has 1 amide bonds. The Hall–Kier alpha value is -1.60. The summed E-state index contributed by atoms with van der Waals surface area (Å²) in [5, 5.41) is 2.46. The highest BCUT2D eigenvalue weighted by atomic mass is 35.5. The van der Waals surface area contributed by atoms with Crippen molar-refractivity contribution in [3.63, 3.8) is 0 Å². The van der Waals surface area contributed by atoms with Crippen molar-refractivity contribution >= 4 is 33.6 Å². The molecule has 18 heavy (non-hydrogen) atoms. The molecule has 1 aliphatic rings. The van der Waals surface area contributed by atoms with Crippen LogP contribution in [0.25, 0.3) is 0 Å². The summed E-state index contributed by atoms with van der Waals surface area (Å²) in [5.41, 5.74) is 0.187. The quantitative estimate of drug-likeness (QED) is 0.849.